The Kier molecular flexibility index (Phi) is 5.66. The first kappa shape index (κ1) is 18.1. The van der Waals surface area contributed by atoms with Crippen LogP contribution in [-0.2, 0) is 0 Å². The molecule has 128 valence electrons. The molecule has 0 aromatic heterocycles. The van der Waals surface area contributed by atoms with Gasteiger partial charge in [-0.05, 0) is 87.6 Å². The molecule has 2 aromatic rings. The summed E-state index contributed by atoms with van der Waals surface area (Å²) in [7, 11) is 0. The third kappa shape index (κ3) is 4.38. The minimum Gasteiger partial charge on any atom is -0.491 e. The fourth-order valence-electron chi connectivity index (χ4n) is 2.57. The van der Waals surface area contributed by atoms with Gasteiger partial charge in [-0.1, -0.05) is 12.1 Å². The van der Waals surface area contributed by atoms with E-state index in [9.17, 15) is 4.79 Å². The molecule has 1 amide bonds. The molecule has 0 heterocycles. The second-order valence-corrected chi connectivity index (χ2v) is 6.68. The first-order valence-corrected chi connectivity index (χ1v) is 8.36. The summed E-state index contributed by atoms with van der Waals surface area (Å²) < 4.78 is 5.80. The molecular weight excluding hydrogens is 298 g/mol. The Labute approximate surface area is 145 Å². The molecular formula is C21H27NO2. The second-order valence-electron chi connectivity index (χ2n) is 6.68. The van der Waals surface area contributed by atoms with Crippen molar-refractivity contribution in [3.05, 3.63) is 63.7 Å². The van der Waals surface area contributed by atoms with E-state index in [0.717, 1.165) is 22.4 Å². The summed E-state index contributed by atoms with van der Waals surface area (Å²) in [5, 5.41) is 3.02. The number of ether oxygens (including phenoxy) is 1. The lowest BCUT2D eigenvalue weighted by molar-refractivity contribution is 0.0926. The molecule has 2 aromatic carbocycles. The zero-order valence-corrected chi connectivity index (χ0v) is 15.5. The highest BCUT2D eigenvalue weighted by atomic mass is 16.5. The fourth-order valence-corrected chi connectivity index (χ4v) is 2.57. The third-order valence-electron chi connectivity index (χ3n) is 4.44. The van der Waals surface area contributed by atoms with Crippen molar-refractivity contribution in [3.8, 4) is 5.75 Å². The molecule has 0 radical (unpaired) electrons. The van der Waals surface area contributed by atoms with Gasteiger partial charge in [0.05, 0.1) is 6.04 Å². The maximum atomic E-state index is 12.5. The van der Waals surface area contributed by atoms with Crippen LogP contribution in [0.25, 0.3) is 0 Å². The number of benzene rings is 2. The Morgan fingerprint density at radius 3 is 2.21 bits per heavy atom. The Bertz CT molecular complexity index is 750. The topological polar surface area (TPSA) is 38.3 Å². The van der Waals surface area contributed by atoms with Crippen LogP contribution in [-0.4, -0.2) is 18.6 Å². The van der Waals surface area contributed by atoms with E-state index in [1.807, 2.05) is 45.0 Å². The molecule has 0 bridgehead atoms. The quantitative estimate of drug-likeness (QED) is 0.883. The van der Waals surface area contributed by atoms with Gasteiger partial charge in [-0.25, -0.2) is 0 Å². The molecule has 0 aliphatic rings. The zero-order valence-electron chi connectivity index (χ0n) is 15.5. The number of aryl methyl sites for hydroxylation is 5. The van der Waals surface area contributed by atoms with Crippen LogP contribution in [0.5, 0.6) is 5.75 Å². The Morgan fingerprint density at radius 1 is 0.917 bits per heavy atom. The van der Waals surface area contributed by atoms with Crippen LogP contribution in [0.15, 0.2) is 30.3 Å². The summed E-state index contributed by atoms with van der Waals surface area (Å²) in [5.74, 6) is 0.786. The fraction of sp³-hybridized carbons (Fsp3) is 0.381. The van der Waals surface area contributed by atoms with E-state index in [2.05, 4.69) is 32.2 Å². The van der Waals surface area contributed by atoms with Crippen molar-refractivity contribution in [2.24, 2.45) is 0 Å². The highest BCUT2D eigenvalue weighted by Crippen LogP contribution is 2.17. The lowest BCUT2D eigenvalue weighted by Crippen LogP contribution is -2.37. The lowest BCUT2D eigenvalue weighted by Gasteiger charge is -2.17. The minimum atomic E-state index is -0.0693. The number of rotatable bonds is 5. The van der Waals surface area contributed by atoms with E-state index < -0.39 is 0 Å². The first-order chi connectivity index (χ1) is 11.3. The third-order valence-corrected chi connectivity index (χ3v) is 4.44. The molecule has 1 N–H and O–H groups in total. The van der Waals surface area contributed by atoms with E-state index in [4.69, 9.17) is 4.74 Å². The first-order valence-electron chi connectivity index (χ1n) is 8.36. The monoisotopic (exact) mass is 325 g/mol. The van der Waals surface area contributed by atoms with Gasteiger partial charge in [0.15, 0.2) is 0 Å². The van der Waals surface area contributed by atoms with E-state index in [1.54, 1.807) is 0 Å². The maximum absolute atomic E-state index is 12.5. The Hall–Kier alpha value is -2.29. The average Bonchev–Trinajstić information content (AvgIpc) is 2.52. The second kappa shape index (κ2) is 7.52. The molecule has 24 heavy (non-hydrogen) atoms. The van der Waals surface area contributed by atoms with Gasteiger partial charge < -0.3 is 10.1 Å². The van der Waals surface area contributed by atoms with Gasteiger partial charge in [0.2, 0.25) is 0 Å². The predicted octanol–water partition coefficient (Wildman–Crippen LogP) is 4.43. The van der Waals surface area contributed by atoms with Crippen molar-refractivity contribution in [1.82, 2.24) is 5.32 Å². The lowest BCUT2D eigenvalue weighted by atomic mass is 10.0. The number of carbonyl (C=O) groups is 1. The van der Waals surface area contributed by atoms with Crippen LogP contribution in [0.4, 0.5) is 0 Å². The molecule has 1 unspecified atom stereocenters. The molecule has 2 rings (SSSR count). The van der Waals surface area contributed by atoms with Gasteiger partial charge in [-0.2, -0.15) is 0 Å². The summed E-state index contributed by atoms with van der Waals surface area (Å²) in [5.41, 5.74) is 6.51. The van der Waals surface area contributed by atoms with Crippen molar-refractivity contribution >= 4 is 5.91 Å². The van der Waals surface area contributed by atoms with E-state index >= 15 is 0 Å². The molecule has 3 heteroatoms. The largest absolute Gasteiger partial charge is 0.491 e. The van der Waals surface area contributed by atoms with Gasteiger partial charge in [0, 0.05) is 5.56 Å². The standard InChI is InChI=1S/C21H27NO2/c1-13-7-8-19(10-15(13)3)24-12-18(6)22-21(23)20-11-16(4)14(2)9-17(20)5/h7-11,18H,12H2,1-6H3,(H,22,23). The van der Waals surface area contributed by atoms with Crippen LogP contribution in [0.1, 0.15) is 45.1 Å². The molecule has 0 fully saturated rings. The van der Waals surface area contributed by atoms with Crippen LogP contribution < -0.4 is 10.1 Å². The highest BCUT2D eigenvalue weighted by Gasteiger charge is 2.14. The van der Waals surface area contributed by atoms with Gasteiger partial charge in [-0.3, -0.25) is 4.79 Å². The molecule has 0 saturated heterocycles. The van der Waals surface area contributed by atoms with Crippen molar-refractivity contribution in [2.75, 3.05) is 6.61 Å². The maximum Gasteiger partial charge on any atom is 0.251 e. The zero-order chi connectivity index (χ0) is 17.9. The SMILES string of the molecule is Cc1ccc(OCC(C)NC(=O)c2cc(C)c(C)cc2C)cc1C. The van der Waals surface area contributed by atoms with Crippen LogP contribution in [0, 0.1) is 34.6 Å². The number of nitrogens with one attached hydrogen (secondary N) is 1. The molecule has 3 nitrogen and oxygen atoms in total. The van der Waals surface area contributed by atoms with Crippen molar-refractivity contribution < 1.29 is 9.53 Å². The molecule has 0 saturated carbocycles. The normalized spacial score (nSPS) is 11.9. The van der Waals surface area contributed by atoms with Gasteiger partial charge >= 0.3 is 0 Å². The molecule has 0 aliphatic carbocycles. The van der Waals surface area contributed by atoms with Gasteiger partial charge in [0.1, 0.15) is 12.4 Å². The van der Waals surface area contributed by atoms with Gasteiger partial charge in [-0.15, -0.1) is 0 Å². The smallest absolute Gasteiger partial charge is 0.251 e. The number of carbonyl (C=O) groups excluding carboxylic acids is 1. The Morgan fingerprint density at radius 2 is 1.54 bits per heavy atom. The minimum absolute atomic E-state index is 0.0493. The van der Waals surface area contributed by atoms with Crippen LogP contribution >= 0.6 is 0 Å². The summed E-state index contributed by atoms with van der Waals surface area (Å²) in [4.78, 5) is 12.5. The highest BCUT2D eigenvalue weighted by molar-refractivity contribution is 5.96. The number of hydrogen-bond donors (Lipinski definition) is 1. The van der Waals surface area contributed by atoms with Crippen molar-refractivity contribution in [1.29, 1.82) is 0 Å². The van der Waals surface area contributed by atoms with Crippen molar-refractivity contribution in [3.63, 3.8) is 0 Å². The Balaban J connectivity index is 1.96. The number of hydrogen-bond acceptors (Lipinski definition) is 2. The molecule has 1 atom stereocenters. The molecule has 0 spiro atoms. The summed E-state index contributed by atoms with van der Waals surface area (Å²) in [6.45, 7) is 12.6. The number of amides is 1. The van der Waals surface area contributed by atoms with Crippen LogP contribution in [0.2, 0.25) is 0 Å². The average molecular weight is 325 g/mol. The summed E-state index contributed by atoms with van der Waals surface area (Å²) in [6, 6.07) is 9.98. The van der Waals surface area contributed by atoms with E-state index in [1.165, 1.54) is 16.7 Å². The molecule has 0 aliphatic heterocycles. The van der Waals surface area contributed by atoms with E-state index in [0.29, 0.717) is 6.61 Å². The van der Waals surface area contributed by atoms with Crippen molar-refractivity contribution in [2.45, 2.75) is 47.6 Å². The summed E-state index contributed by atoms with van der Waals surface area (Å²) >= 11 is 0. The summed E-state index contributed by atoms with van der Waals surface area (Å²) in [6.07, 6.45) is 0. The van der Waals surface area contributed by atoms with E-state index in [-0.39, 0.29) is 11.9 Å². The van der Waals surface area contributed by atoms with Crippen LogP contribution in [0.3, 0.4) is 0 Å². The predicted molar refractivity (Wildman–Crippen MR) is 99.0 cm³/mol. The van der Waals surface area contributed by atoms with Gasteiger partial charge in [0.25, 0.3) is 5.91 Å².